The maximum Gasteiger partial charge on any atom is 0.358 e. The van der Waals surface area contributed by atoms with Gasteiger partial charge in [0.2, 0.25) is 0 Å². The Kier molecular flexibility index (Phi) is 3.28. The molecule has 0 saturated carbocycles. The minimum atomic E-state index is -1.13. The monoisotopic (exact) mass is 339 g/mol. The molecule has 0 atom stereocenters. The number of carbonyl (C=O) groups is 1. The molecule has 3 aromatic heterocycles. The first-order valence-corrected chi connectivity index (χ1v) is 7.38. The van der Waals surface area contributed by atoms with E-state index in [2.05, 4.69) is 20.3 Å². The average molecular weight is 340 g/mol. The van der Waals surface area contributed by atoms with E-state index in [-0.39, 0.29) is 11.3 Å². The van der Waals surface area contributed by atoms with E-state index in [4.69, 9.17) is 11.6 Å². The van der Waals surface area contributed by atoms with Gasteiger partial charge >= 0.3 is 5.97 Å². The number of carboxylic acids is 1. The van der Waals surface area contributed by atoms with E-state index >= 15 is 0 Å². The van der Waals surface area contributed by atoms with Crippen molar-refractivity contribution in [3.63, 3.8) is 0 Å². The summed E-state index contributed by atoms with van der Waals surface area (Å²) in [5.41, 5.74) is 1.63. The van der Waals surface area contributed by atoms with Gasteiger partial charge in [-0.05, 0) is 30.3 Å². The summed E-state index contributed by atoms with van der Waals surface area (Å²) in [5.74, 6) is -0.615. The summed E-state index contributed by atoms with van der Waals surface area (Å²) in [6.07, 6.45) is 4.73. The van der Waals surface area contributed by atoms with Gasteiger partial charge in [-0.1, -0.05) is 11.6 Å². The molecule has 3 heterocycles. The molecule has 0 fully saturated rings. The largest absolute Gasteiger partial charge is 0.476 e. The molecule has 0 amide bonds. The van der Waals surface area contributed by atoms with Crippen LogP contribution >= 0.6 is 11.6 Å². The molecule has 24 heavy (non-hydrogen) atoms. The van der Waals surface area contributed by atoms with Crippen molar-refractivity contribution in [3.8, 4) is 0 Å². The average Bonchev–Trinajstić information content (AvgIpc) is 3.01. The van der Waals surface area contributed by atoms with Crippen molar-refractivity contribution >= 4 is 45.6 Å². The van der Waals surface area contributed by atoms with Crippen LogP contribution in [0.4, 0.5) is 11.5 Å². The van der Waals surface area contributed by atoms with Gasteiger partial charge in [-0.3, -0.25) is 9.38 Å². The van der Waals surface area contributed by atoms with Gasteiger partial charge in [0.25, 0.3) is 0 Å². The summed E-state index contributed by atoms with van der Waals surface area (Å²) in [6.45, 7) is 0. The van der Waals surface area contributed by atoms with Gasteiger partial charge in [0.15, 0.2) is 11.3 Å². The molecule has 0 aliphatic rings. The molecular weight excluding hydrogens is 330 g/mol. The maximum absolute atomic E-state index is 11.4. The van der Waals surface area contributed by atoms with Crippen LogP contribution in [0.3, 0.4) is 0 Å². The number of rotatable bonds is 3. The third-order valence-corrected chi connectivity index (χ3v) is 3.84. The van der Waals surface area contributed by atoms with Gasteiger partial charge in [0.05, 0.1) is 11.7 Å². The number of nitrogens with zero attached hydrogens (tertiary/aromatic N) is 4. The number of pyridine rings is 1. The van der Waals surface area contributed by atoms with Crippen LogP contribution in [-0.2, 0) is 0 Å². The van der Waals surface area contributed by atoms with Gasteiger partial charge in [0.1, 0.15) is 12.1 Å². The zero-order valence-electron chi connectivity index (χ0n) is 12.1. The van der Waals surface area contributed by atoms with Crippen molar-refractivity contribution in [2.75, 3.05) is 5.32 Å². The van der Waals surface area contributed by atoms with Crippen LogP contribution in [-0.4, -0.2) is 30.4 Å². The molecule has 0 unspecified atom stereocenters. The molecule has 2 N–H and O–H groups in total. The second-order valence-electron chi connectivity index (χ2n) is 5.08. The van der Waals surface area contributed by atoms with Crippen LogP contribution in [0.2, 0.25) is 5.02 Å². The minimum Gasteiger partial charge on any atom is -0.476 e. The predicted octanol–water partition coefficient (Wildman–Crippen LogP) is 3.37. The Morgan fingerprint density at radius 1 is 1.21 bits per heavy atom. The number of fused-ring (bicyclic) bond motifs is 3. The quantitative estimate of drug-likeness (QED) is 0.594. The Labute approximate surface area is 140 Å². The highest BCUT2D eigenvalue weighted by Gasteiger charge is 2.17. The van der Waals surface area contributed by atoms with Crippen molar-refractivity contribution in [2.24, 2.45) is 0 Å². The first-order chi connectivity index (χ1) is 11.6. The molecule has 4 rings (SSSR count). The summed E-state index contributed by atoms with van der Waals surface area (Å²) >= 11 is 5.90. The Morgan fingerprint density at radius 3 is 2.75 bits per heavy atom. The highest BCUT2D eigenvalue weighted by atomic mass is 35.5. The Morgan fingerprint density at radius 2 is 2.00 bits per heavy atom. The smallest absolute Gasteiger partial charge is 0.358 e. The van der Waals surface area contributed by atoms with Crippen molar-refractivity contribution in [1.82, 2.24) is 19.4 Å². The standard InChI is InChI=1S/C16H10ClN5O2/c17-9-1-3-10(4-2-9)20-14-11-5-6-18-7-12(11)22-8-19-13(16(23)24)15(22)21-14/h1-8H,(H,20,21)(H,23,24). The number of anilines is 2. The number of benzene rings is 1. The zero-order valence-corrected chi connectivity index (χ0v) is 12.9. The highest BCUT2D eigenvalue weighted by Crippen LogP contribution is 2.27. The molecule has 4 aromatic rings. The van der Waals surface area contributed by atoms with Crippen molar-refractivity contribution in [1.29, 1.82) is 0 Å². The Balaban J connectivity index is 1.96. The lowest BCUT2D eigenvalue weighted by molar-refractivity contribution is 0.0693. The number of nitrogens with one attached hydrogen (secondary N) is 1. The van der Waals surface area contributed by atoms with E-state index in [0.717, 1.165) is 11.1 Å². The van der Waals surface area contributed by atoms with Gasteiger partial charge in [-0.2, -0.15) is 0 Å². The molecule has 0 bridgehead atoms. The fraction of sp³-hybridized carbons (Fsp3) is 0. The van der Waals surface area contributed by atoms with Crippen LogP contribution in [0, 0.1) is 0 Å². The molecule has 0 saturated heterocycles. The number of aromatic carboxylic acids is 1. The van der Waals surface area contributed by atoms with E-state index in [1.165, 1.54) is 6.33 Å². The summed E-state index contributed by atoms with van der Waals surface area (Å²) < 4.78 is 1.61. The first kappa shape index (κ1) is 14.4. The molecule has 118 valence electrons. The number of carboxylic acid groups (broad SMARTS) is 1. The molecule has 1 aromatic carbocycles. The van der Waals surface area contributed by atoms with Gasteiger partial charge < -0.3 is 10.4 Å². The van der Waals surface area contributed by atoms with Crippen LogP contribution in [0.15, 0.2) is 49.1 Å². The van der Waals surface area contributed by atoms with Crippen LogP contribution < -0.4 is 5.32 Å². The van der Waals surface area contributed by atoms with E-state index in [0.29, 0.717) is 16.4 Å². The summed E-state index contributed by atoms with van der Waals surface area (Å²) in [4.78, 5) is 23.8. The lowest BCUT2D eigenvalue weighted by Gasteiger charge is -2.10. The lowest BCUT2D eigenvalue weighted by atomic mass is 10.2. The molecule has 0 spiro atoms. The Hall–Kier alpha value is -3.19. The predicted molar refractivity (Wildman–Crippen MR) is 90.0 cm³/mol. The Bertz CT molecular complexity index is 1080. The molecule has 8 heteroatoms. The third kappa shape index (κ3) is 2.31. The number of aromatic nitrogens is 4. The van der Waals surface area contributed by atoms with E-state index in [1.54, 1.807) is 35.0 Å². The fourth-order valence-corrected chi connectivity index (χ4v) is 2.61. The summed E-state index contributed by atoms with van der Waals surface area (Å²) in [7, 11) is 0. The summed E-state index contributed by atoms with van der Waals surface area (Å²) in [6, 6.07) is 8.95. The first-order valence-electron chi connectivity index (χ1n) is 7.00. The topological polar surface area (TPSA) is 92.4 Å². The molecular formula is C16H10ClN5O2. The highest BCUT2D eigenvalue weighted by molar-refractivity contribution is 6.30. The lowest BCUT2D eigenvalue weighted by Crippen LogP contribution is -2.03. The van der Waals surface area contributed by atoms with Crippen LogP contribution in [0.1, 0.15) is 10.5 Å². The number of hydrogen-bond donors (Lipinski definition) is 2. The molecule has 7 nitrogen and oxygen atoms in total. The SMILES string of the molecule is O=C(O)c1ncn2c1nc(Nc1ccc(Cl)cc1)c1ccncc12. The number of imidazole rings is 1. The minimum absolute atomic E-state index is 0.111. The van der Waals surface area contributed by atoms with E-state index in [9.17, 15) is 9.90 Å². The molecule has 0 aliphatic heterocycles. The normalized spacial score (nSPS) is 11.0. The van der Waals surface area contributed by atoms with Crippen molar-refractivity contribution < 1.29 is 9.90 Å². The molecule has 0 aliphatic carbocycles. The van der Waals surface area contributed by atoms with E-state index in [1.807, 2.05) is 12.1 Å². The third-order valence-electron chi connectivity index (χ3n) is 3.58. The molecule has 0 radical (unpaired) electrons. The van der Waals surface area contributed by atoms with Crippen molar-refractivity contribution in [3.05, 3.63) is 59.8 Å². The van der Waals surface area contributed by atoms with Gasteiger partial charge in [-0.15, -0.1) is 0 Å². The second-order valence-corrected chi connectivity index (χ2v) is 5.51. The fourth-order valence-electron chi connectivity index (χ4n) is 2.49. The van der Waals surface area contributed by atoms with Crippen LogP contribution in [0.25, 0.3) is 16.6 Å². The maximum atomic E-state index is 11.4. The summed E-state index contributed by atoms with van der Waals surface area (Å²) in [5, 5.41) is 13.9. The van der Waals surface area contributed by atoms with Crippen molar-refractivity contribution in [2.45, 2.75) is 0 Å². The number of halogens is 1. The number of hydrogen-bond acceptors (Lipinski definition) is 5. The van der Waals surface area contributed by atoms with E-state index < -0.39 is 5.97 Å². The van der Waals surface area contributed by atoms with Crippen LogP contribution in [0.5, 0.6) is 0 Å². The van der Waals surface area contributed by atoms with Gasteiger partial charge in [-0.25, -0.2) is 14.8 Å². The zero-order chi connectivity index (χ0) is 16.7. The van der Waals surface area contributed by atoms with Gasteiger partial charge in [0, 0.05) is 22.3 Å². The second kappa shape index (κ2) is 5.47.